The van der Waals surface area contributed by atoms with Crippen LogP contribution in [0.2, 0.25) is 30.4 Å². The molecule has 0 aliphatic heterocycles. The zero-order chi connectivity index (χ0) is 62.7. The summed E-state index contributed by atoms with van der Waals surface area (Å²) >= 11 is 34.1. The van der Waals surface area contributed by atoms with Gasteiger partial charge in [0.1, 0.15) is 27.6 Å². The minimum Gasteiger partial charge on any atom is -0.497 e. The fourth-order valence-corrected chi connectivity index (χ4v) is 8.42. The molecule has 0 bridgehead atoms. The number of aromatic nitrogens is 2. The van der Waals surface area contributed by atoms with Crippen LogP contribution in [-0.2, 0) is 44.9 Å². The molecule has 6 aromatic carbocycles. The lowest BCUT2D eigenvalue weighted by molar-refractivity contribution is 0.414. The zero-order valence-electron chi connectivity index (χ0n) is 51.0. The average Bonchev–Trinajstić information content (AvgIpc) is 4.05. The van der Waals surface area contributed by atoms with Crippen LogP contribution in [0.4, 0.5) is 10.1 Å². The highest BCUT2D eigenvalue weighted by Gasteiger charge is 2.05. The molecule has 0 atom stereocenters. The molecular formula is C72H84Cl6FN3O2. The first-order chi connectivity index (χ1) is 40.3. The van der Waals surface area contributed by atoms with Gasteiger partial charge < -0.3 is 9.15 Å². The van der Waals surface area contributed by atoms with Gasteiger partial charge in [-0.3, -0.25) is 4.98 Å². The molecule has 448 valence electrons. The number of benzene rings is 6. The third kappa shape index (κ3) is 33.4. The molecule has 3 heterocycles. The van der Waals surface area contributed by atoms with Crippen LogP contribution < -0.4 is 4.74 Å². The highest BCUT2D eigenvalue weighted by molar-refractivity contribution is 6.43. The molecule has 0 radical (unpaired) electrons. The summed E-state index contributed by atoms with van der Waals surface area (Å²) in [4.78, 5) is 10.8. The van der Waals surface area contributed by atoms with Crippen molar-refractivity contribution in [2.45, 2.75) is 134 Å². The van der Waals surface area contributed by atoms with E-state index >= 15 is 0 Å². The number of ether oxygens (including phenoxy) is 1. The Morgan fingerprint density at radius 3 is 1.56 bits per heavy atom. The van der Waals surface area contributed by atoms with E-state index in [1.807, 2.05) is 56.3 Å². The maximum Gasteiger partial charge on any atom is 0.208 e. The number of aryl methyl sites for hydroxylation is 10. The molecule has 0 aliphatic rings. The first-order valence-electron chi connectivity index (χ1n) is 28.3. The van der Waals surface area contributed by atoms with Crippen LogP contribution in [0.5, 0.6) is 5.75 Å². The molecule has 0 saturated carbocycles. The summed E-state index contributed by atoms with van der Waals surface area (Å²) in [5.41, 5.74) is 12.9. The van der Waals surface area contributed by atoms with Crippen LogP contribution >= 0.6 is 69.6 Å². The van der Waals surface area contributed by atoms with Crippen molar-refractivity contribution in [1.29, 1.82) is 0 Å². The normalized spacial score (nSPS) is 9.55. The predicted molar refractivity (Wildman–Crippen MR) is 362 cm³/mol. The minimum absolute atomic E-state index is 0.160. The summed E-state index contributed by atoms with van der Waals surface area (Å²) in [6.07, 6.45) is 14.6. The predicted octanol–water partition coefficient (Wildman–Crippen LogP) is 24.1. The lowest BCUT2D eigenvalue weighted by Crippen LogP contribution is -1.88. The fourth-order valence-electron chi connectivity index (χ4n) is 7.15. The smallest absolute Gasteiger partial charge is 0.208 e. The summed E-state index contributed by atoms with van der Waals surface area (Å²) in [6.45, 7) is 29.5. The Hall–Kier alpha value is -6.14. The number of hydrogen-bond donors (Lipinski definition) is 0. The molecule has 0 amide bonds. The third-order valence-electron chi connectivity index (χ3n) is 12.1. The van der Waals surface area contributed by atoms with Gasteiger partial charge in [0.2, 0.25) is 5.69 Å². The Kier molecular flexibility index (Phi) is 41.7. The van der Waals surface area contributed by atoms with E-state index in [9.17, 15) is 4.39 Å². The van der Waals surface area contributed by atoms with E-state index < -0.39 is 0 Å². The standard InChI is InChI=1S/C11H16.C9H12O.C9H12.C8H8Cl2.C8H9F.C8H10.C7H5ClN2.C6H4Cl3N.C6H8O/c1-4-5-11-7-6-9(2)8-10(11)3;1-3-8-5-4-6-9(7-8)10-2;1-2-6-9-7-4-3-5-8-9;1-2-6-3-4-7(9)5-8(6)10;1-2-7-3-5-8(9)6-4-7;1-2-8-6-4-3-5-7-8;1-5-3-7(8)10-4-6(5)9-2;1-3-5(8)4(7)2-10-6(3)9;1-2-6-4-3-5-7-6/h6-8H,4-5H2,1-3H3;4-7H,3H2,1-2H3;3-5,7-8H,2,6H2,1H3;3-5H,2H2,1H3;3-6H,2H2,1H3;3-7H,2H2,1H3;3-4H,1H3;2H,1H3;3-5H,2H2,1H3. The van der Waals surface area contributed by atoms with Gasteiger partial charge in [-0.15, -0.1) is 0 Å². The highest BCUT2D eigenvalue weighted by atomic mass is 35.5. The Balaban J connectivity index is 0.000000474. The van der Waals surface area contributed by atoms with E-state index in [1.54, 1.807) is 44.6 Å². The summed E-state index contributed by atoms with van der Waals surface area (Å²) in [7, 11) is 1.69. The highest BCUT2D eigenvalue weighted by Crippen LogP contribution is 2.28. The molecule has 0 spiro atoms. The van der Waals surface area contributed by atoms with Crippen molar-refractivity contribution in [1.82, 2.24) is 9.97 Å². The van der Waals surface area contributed by atoms with Crippen LogP contribution in [0, 0.1) is 40.1 Å². The molecule has 0 saturated heterocycles. The SMILES string of the molecule is CCCc1ccc(C)cc1C.CCCc1ccccc1.CCc1ccc(Cl)cc1Cl.CCc1ccc(F)cc1.CCc1cccc(OC)c1.CCc1ccccc1.CCc1ccco1.Cc1c(Cl)ncc(Cl)c1Cl.[C-]#[N+]c1cnc(Cl)cc1C. The minimum atomic E-state index is -0.160. The second kappa shape index (κ2) is 46.2. The van der Waals surface area contributed by atoms with Crippen molar-refractivity contribution in [3.8, 4) is 5.75 Å². The van der Waals surface area contributed by atoms with Crippen LogP contribution in [0.1, 0.15) is 123 Å². The van der Waals surface area contributed by atoms with Gasteiger partial charge in [-0.25, -0.2) is 14.2 Å². The van der Waals surface area contributed by atoms with Gasteiger partial charge in [0.05, 0.1) is 30.0 Å². The maximum atomic E-state index is 12.2. The Bertz CT molecular complexity index is 3140. The van der Waals surface area contributed by atoms with Gasteiger partial charge in [0.15, 0.2) is 0 Å². The van der Waals surface area contributed by atoms with Crippen molar-refractivity contribution in [3.05, 3.63) is 291 Å². The molecular weight excluding hydrogens is 1170 g/mol. The van der Waals surface area contributed by atoms with Crippen LogP contribution in [0.3, 0.4) is 0 Å². The largest absolute Gasteiger partial charge is 0.497 e. The summed E-state index contributed by atoms with van der Waals surface area (Å²) in [6, 6.07) is 53.5. The van der Waals surface area contributed by atoms with Gasteiger partial charge in [-0.1, -0.05) is 246 Å². The maximum absolute atomic E-state index is 12.2. The molecule has 5 nitrogen and oxygen atoms in total. The lowest BCUT2D eigenvalue weighted by Gasteiger charge is -2.04. The van der Waals surface area contributed by atoms with E-state index in [1.165, 1.54) is 89.2 Å². The average molecular weight is 1260 g/mol. The van der Waals surface area contributed by atoms with Crippen molar-refractivity contribution in [2.75, 3.05) is 7.11 Å². The number of methoxy groups -OCH3 is 1. The van der Waals surface area contributed by atoms with Gasteiger partial charge in [0.25, 0.3) is 0 Å². The number of halogens is 7. The molecule has 0 aliphatic carbocycles. The fraction of sp³-hybridized carbons (Fsp3) is 0.292. The Morgan fingerprint density at radius 1 is 0.512 bits per heavy atom. The van der Waals surface area contributed by atoms with Crippen molar-refractivity contribution >= 4 is 75.3 Å². The van der Waals surface area contributed by atoms with Gasteiger partial charge in [-0.2, -0.15) is 0 Å². The second-order valence-electron chi connectivity index (χ2n) is 18.7. The Morgan fingerprint density at radius 2 is 1.10 bits per heavy atom. The van der Waals surface area contributed by atoms with Gasteiger partial charge in [0, 0.05) is 34.4 Å². The first-order valence-corrected chi connectivity index (χ1v) is 30.5. The summed E-state index contributed by atoms with van der Waals surface area (Å²) in [5.74, 6) is 1.84. The van der Waals surface area contributed by atoms with Crippen molar-refractivity contribution in [2.24, 2.45) is 0 Å². The van der Waals surface area contributed by atoms with Crippen LogP contribution in [-0.4, -0.2) is 17.1 Å². The van der Waals surface area contributed by atoms with Gasteiger partial charge in [-0.05, 0) is 165 Å². The molecule has 0 unspecified atom stereocenters. The zero-order valence-corrected chi connectivity index (χ0v) is 55.5. The van der Waals surface area contributed by atoms with E-state index in [0.717, 1.165) is 65.3 Å². The molecule has 9 aromatic rings. The summed E-state index contributed by atoms with van der Waals surface area (Å²) in [5, 5.41) is 3.20. The molecule has 84 heavy (non-hydrogen) atoms. The quantitative estimate of drug-likeness (QED) is 0.101. The number of furan rings is 1. The third-order valence-corrected chi connectivity index (χ3v) is 14.2. The topological polar surface area (TPSA) is 52.5 Å². The van der Waals surface area contributed by atoms with E-state index in [4.69, 9.17) is 85.3 Å². The van der Waals surface area contributed by atoms with Crippen LogP contribution in [0.25, 0.3) is 4.85 Å². The molecule has 9 rings (SSSR count). The molecule has 0 N–H and O–H groups in total. The molecule has 12 heteroatoms. The lowest BCUT2D eigenvalue weighted by atomic mass is 10.0. The van der Waals surface area contributed by atoms with E-state index in [0.29, 0.717) is 31.1 Å². The van der Waals surface area contributed by atoms with Crippen LogP contribution in [0.15, 0.2) is 187 Å². The number of pyridine rings is 2. The molecule has 0 fully saturated rings. The van der Waals surface area contributed by atoms with E-state index in [2.05, 4.69) is 155 Å². The summed E-state index contributed by atoms with van der Waals surface area (Å²) < 4.78 is 22.3. The number of nitrogens with zero attached hydrogens (tertiary/aromatic N) is 3. The van der Waals surface area contributed by atoms with Crippen molar-refractivity contribution < 1.29 is 13.5 Å². The second-order valence-corrected chi connectivity index (χ2v) is 21.1. The van der Waals surface area contributed by atoms with Gasteiger partial charge >= 0.3 is 0 Å². The monoisotopic (exact) mass is 1250 g/mol. The number of rotatable bonds is 10. The Labute approximate surface area is 533 Å². The molecule has 3 aromatic heterocycles. The van der Waals surface area contributed by atoms with Crippen molar-refractivity contribution in [3.63, 3.8) is 0 Å². The van der Waals surface area contributed by atoms with E-state index in [-0.39, 0.29) is 5.82 Å². The number of hydrogen-bond acceptors (Lipinski definition) is 4. The first kappa shape index (κ1) is 75.9.